The molecule has 0 atom stereocenters. The second-order valence-corrected chi connectivity index (χ2v) is 11.2. The molecule has 0 saturated heterocycles. The summed E-state index contributed by atoms with van der Waals surface area (Å²) in [5, 5.41) is 2.10. The Bertz CT molecular complexity index is 1520. The van der Waals surface area contributed by atoms with Crippen molar-refractivity contribution < 1.29 is 4.42 Å². The van der Waals surface area contributed by atoms with Crippen LogP contribution in [-0.2, 0) is 12.8 Å². The van der Waals surface area contributed by atoms with Gasteiger partial charge in [0.1, 0.15) is 5.52 Å². The van der Waals surface area contributed by atoms with Crippen LogP contribution < -0.4 is 0 Å². The number of nitrogens with zero attached hydrogens (tertiary/aromatic N) is 5. The van der Waals surface area contributed by atoms with Crippen LogP contribution in [0.2, 0.25) is 0 Å². The van der Waals surface area contributed by atoms with Crippen LogP contribution in [0, 0.1) is 20.8 Å². The third kappa shape index (κ3) is 5.36. The molecule has 0 saturated carbocycles. The summed E-state index contributed by atoms with van der Waals surface area (Å²) in [5.74, 6) is 1.76. The number of rotatable bonds is 6. The number of aliphatic imine (C=N–C) groups is 1. The van der Waals surface area contributed by atoms with E-state index in [4.69, 9.17) is 4.42 Å². The quantitative estimate of drug-likeness (QED) is 0.164. The maximum absolute atomic E-state index is 5.88. The van der Waals surface area contributed by atoms with Crippen molar-refractivity contribution >= 4 is 44.6 Å². The summed E-state index contributed by atoms with van der Waals surface area (Å²) in [6, 6.07) is 12.7. The van der Waals surface area contributed by atoms with Gasteiger partial charge in [-0.2, -0.15) is 0 Å². The van der Waals surface area contributed by atoms with Gasteiger partial charge in [0.2, 0.25) is 0 Å². The highest BCUT2D eigenvalue weighted by molar-refractivity contribution is 8.13. The molecule has 0 N–H and O–H groups in total. The van der Waals surface area contributed by atoms with Crippen LogP contribution in [0.25, 0.3) is 27.7 Å². The van der Waals surface area contributed by atoms with Gasteiger partial charge in [0.25, 0.3) is 0 Å². The fourth-order valence-electron chi connectivity index (χ4n) is 5.46. The molecule has 4 aromatic rings. The molecule has 0 bridgehead atoms. The van der Waals surface area contributed by atoms with E-state index in [0.29, 0.717) is 0 Å². The van der Waals surface area contributed by atoms with E-state index in [-0.39, 0.29) is 0 Å². The van der Waals surface area contributed by atoms with Gasteiger partial charge in [-0.05, 0) is 74.5 Å². The first-order valence-electron chi connectivity index (χ1n) is 13.4. The second-order valence-electron chi connectivity index (χ2n) is 10.1. The predicted octanol–water partition coefficient (Wildman–Crippen LogP) is 6.41. The first-order chi connectivity index (χ1) is 18.4. The summed E-state index contributed by atoms with van der Waals surface area (Å²) in [4.78, 5) is 18.5. The Morgan fingerprint density at radius 3 is 2.74 bits per heavy atom. The van der Waals surface area contributed by atoms with Crippen molar-refractivity contribution in [3.05, 3.63) is 76.8 Å². The van der Waals surface area contributed by atoms with Crippen LogP contribution in [0.3, 0.4) is 0 Å². The number of aryl methyl sites for hydroxylation is 3. The minimum atomic E-state index is 0.746. The molecule has 198 valence electrons. The molecule has 5 rings (SSSR count). The molecule has 0 unspecified atom stereocenters. The minimum absolute atomic E-state index is 0.746. The molecule has 0 spiro atoms. The van der Waals surface area contributed by atoms with Crippen LogP contribution in [-0.4, -0.2) is 64.4 Å². The van der Waals surface area contributed by atoms with Crippen LogP contribution in [0.4, 0.5) is 0 Å². The van der Waals surface area contributed by atoms with E-state index >= 15 is 0 Å². The Hall–Kier alpha value is -3.16. The second kappa shape index (κ2) is 11.3. The van der Waals surface area contributed by atoms with Crippen molar-refractivity contribution in [3.8, 4) is 0 Å². The van der Waals surface area contributed by atoms with Gasteiger partial charge in [0, 0.05) is 62.2 Å². The minimum Gasteiger partial charge on any atom is -0.441 e. The van der Waals surface area contributed by atoms with Crippen molar-refractivity contribution in [2.24, 2.45) is 4.99 Å². The first kappa shape index (κ1) is 26.4. The number of pyridine rings is 1. The van der Waals surface area contributed by atoms with E-state index in [2.05, 4.69) is 81.7 Å². The first-order valence-corrected chi connectivity index (χ1v) is 14.3. The summed E-state index contributed by atoms with van der Waals surface area (Å²) < 4.78 is 5.88. The fraction of sp³-hybridized carbons (Fsp3) is 0.387. The normalized spacial score (nSPS) is 14.6. The molecule has 1 aliphatic heterocycles. The number of benzene rings is 2. The third-order valence-electron chi connectivity index (χ3n) is 7.54. The van der Waals surface area contributed by atoms with Gasteiger partial charge in [-0.25, -0.2) is 4.98 Å². The van der Waals surface area contributed by atoms with Crippen molar-refractivity contribution in [3.63, 3.8) is 0 Å². The molecule has 1 aliphatic rings. The molecule has 2 aromatic heterocycles. The lowest BCUT2D eigenvalue weighted by Crippen LogP contribution is -2.28. The van der Waals surface area contributed by atoms with Crippen LogP contribution >= 0.6 is 11.8 Å². The summed E-state index contributed by atoms with van der Waals surface area (Å²) in [5.41, 5.74) is 10.1. The molecule has 7 heteroatoms. The number of hydrogen-bond donors (Lipinski definition) is 0. The lowest BCUT2D eigenvalue weighted by Gasteiger charge is -2.24. The molecule has 0 amide bonds. The zero-order valence-corrected chi connectivity index (χ0v) is 24.0. The Kier molecular flexibility index (Phi) is 7.86. The zero-order chi connectivity index (χ0) is 26.8. The molecule has 6 nitrogen and oxygen atoms in total. The lowest BCUT2D eigenvalue weighted by atomic mass is 9.97. The molecular weight excluding hydrogens is 490 g/mol. The molecule has 2 aromatic carbocycles. The smallest absolute Gasteiger partial charge is 0.192 e. The van der Waals surface area contributed by atoms with Gasteiger partial charge in [-0.3, -0.25) is 9.98 Å². The van der Waals surface area contributed by atoms with Crippen LogP contribution in [0.1, 0.15) is 40.3 Å². The van der Waals surface area contributed by atoms with Crippen molar-refractivity contribution in [1.82, 2.24) is 19.8 Å². The summed E-state index contributed by atoms with van der Waals surface area (Å²) >= 11 is 1.80. The summed E-state index contributed by atoms with van der Waals surface area (Å²) in [6.07, 6.45) is 3.24. The van der Waals surface area contributed by atoms with Crippen molar-refractivity contribution in [2.45, 2.75) is 40.0 Å². The van der Waals surface area contributed by atoms with Gasteiger partial charge < -0.3 is 14.2 Å². The Balaban J connectivity index is 1.16. The number of hydrogen-bond acceptors (Lipinski definition) is 6. The lowest BCUT2D eigenvalue weighted by molar-refractivity contribution is 0.289. The molecule has 0 aliphatic carbocycles. The average Bonchev–Trinajstić information content (AvgIpc) is 3.17. The van der Waals surface area contributed by atoms with E-state index < -0.39 is 0 Å². The number of aromatic nitrogens is 2. The SMILES string of the molecule is C=C(c1cccc2nc(C)ccc12)N(C)C(=NC)SCCCN1CCc2cc3nc(C)oc3c(C)c2CC1. The Morgan fingerprint density at radius 2 is 1.92 bits per heavy atom. The van der Waals surface area contributed by atoms with E-state index in [0.717, 1.165) is 94.7 Å². The highest BCUT2D eigenvalue weighted by atomic mass is 32.2. The van der Waals surface area contributed by atoms with Gasteiger partial charge in [0.05, 0.1) is 5.52 Å². The highest BCUT2D eigenvalue weighted by Gasteiger charge is 2.20. The highest BCUT2D eigenvalue weighted by Crippen LogP contribution is 2.30. The Morgan fingerprint density at radius 1 is 1.11 bits per heavy atom. The topological polar surface area (TPSA) is 57.8 Å². The molecule has 0 fully saturated rings. The standard InChI is InChI=1S/C31H37N5OS/c1-20-11-12-27-26(9-7-10-28(27)33-20)22(3)35(6)31(32-5)38-18-8-15-36-16-13-24-19-29-30(37-23(4)34-29)21(2)25(24)14-17-36/h7,9-12,19H,3,8,13-18H2,1-2,4-6H3. The Labute approximate surface area is 229 Å². The van der Waals surface area contributed by atoms with E-state index in [1.165, 1.54) is 16.7 Å². The predicted molar refractivity (Wildman–Crippen MR) is 161 cm³/mol. The van der Waals surface area contributed by atoms with Crippen LogP contribution in [0.15, 0.2) is 52.4 Å². The third-order valence-corrected chi connectivity index (χ3v) is 8.75. The molecular formula is C31H37N5OS. The maximum atomic E-state index is 5.88. The number of thioether (sulfide) groups is 1. The van der Waals surface area contributed by atoms with Gasteiger partial charge in [-0.15, -0.1) is 0 Å². The molecule has 0 radical (unpaired) electrons. The van der Waals surface area contributed by atoms with Gasteiger partial charge in [0.15, 0.2) is 16.6 Å². The van der Waals surface area contributed by atoms with Crippen LogP contribution in [0.5, 0.6) is 0 Å². The van der Waals surface area contributed by atoms with Gasteiger partial charge in [-0.1, -0.05) is 36.5 Å². The fourth-order valence-corrected chi connectivity index (χ4v) is 6.35. The van der Waals surface area contributed by atoms with E-state index in [1.54, 1.807) is 11.8 Å². The monoisotopic (exact) mass is 527 g/mol. The summed E-state index contributed by atoms with van der Waals surface area (Å²) in [6.45, 7) is 13.8. The molecule has 38 heavy (non-hydrogen) atoms. The zero-order valence-electron chi connectivity index (χ0n) is 23.2. The van der Waals surface area contributed by atoms with E-state index in [9.17, 15) is 0 Å². The number of amidine groups is 1. The molecule has 3 heterocycles. The van der Waals surface area contributed by atoms with E-state index in [1.807, 2.05) is 20.9 Å². The average molecular weight is 528 g/mol. The largest absolute Gasteiger partial charge is 0.441 e. The summed E-state index contributed by atoms with van der Waals surface area (Å²) in [7, 11) is 3.92. The number of fused-ring (bicyclic) bond motifs is 3. The maximum Gasteiger partial charge on any atom is 0.192 e. The van der Waals surface area contributed by atoms with Crippen molar-refractivity contribution in [2.75, 3.05) is 39.5 Å². The van der Waals surface area contributed by atoms with Crippen molar-refractivity contribution in [1.29, 1.82) is 0 Å². The number of oxazole rings is 1. The van der Waals surface area contributed by atoms with Gasteiger partial charge >= 0.3 is 0 Å².